The molecule has 1 aliphatic carbocycles. The minimum absolute atomic E-state index is 0.124. The summed E-state index contributed by atoms with van der Waals surface area (Å²) in [7, 11) is 0.124. The van der Waals surface area contributed by atoms with Crippen molar-refractivity contribution in [1.29, 1.82) is 0 Å². The summed E-state index contributed by atoms with van der Waals surface area (Å²) in [6.45, 7) is 6.83. The molecule has 0 aromatic rings. The van der Waals surface area contributed by atoms with E-state index in [1.165, 1.54) is 12.8 Å². The van der Waals surface area contributed by atoms with Crippen LogP contribution in [0.15, 0.2) is 0 Å². The molecular formula is C6H14NP. The Kier molecular flexibility index (Phi) is 1.60. The zero-order valence-corrected chi connectivity index (χ0v) is 6.76. The van der Waals surface area contributed by atoms with Gasteiger partial charge in [-0.15, -0.1) is 0 Å². The lowest BCUT2D eigenvalue weighted by Crippen LogP contribution is -2.21. The molecule has 0 aromatic heterocycles. The van der Waals surface area contributed by atoms with Crippen LogP contribution in [0.4, 0.5) is 0 Å². The monoisotopic (exact) mass is 131 g/mol. The van der Waals surface area contributed by atoms with E-state index in [1.54, 1.807) is 0 Å². The van der Waals surface area contributed by atoms with E-state index in [0.29, 0.717) is 5.54 Å². The van der Waals surface area contributed by atoms with Gasteiger partial charge in [0, 0.05) is 5.54 Å². The average Bonchev–Trinajstić information content (AvgIpc) is 2.17. The second kappa shape index (κ2) is 1.97. The minimum atomic E-state index is 0.124. The van der Waals surface area contributed by atoms with Crippen LogP contribution in [-0.2, 0) is 0 Å². The molecule has 1 rings (SSSR count). The van der Waals surface area contributed by atoms with Crippen LogP contribution in [0.25, 0.3) is 0 Å². The summed E-state index contributed by atoms with van der Waals surface area (Å²) in [6.07, 6.45) is 2.76. The van der Waals surface area contributed by atoms with Crippen LogP contribution in [0.2, 0.25) is 0 Å². The molecule has 2 heteroatoms. The van der Waals surface area contributed by atoms with Crippen molar-refractivity contribution in [3.05, 3.63) is 0 Å². The fourth-order valence-electron chi connectivity index (χ4n) is 0.839. The fourth-order valence-corrected chi connectivity index (χ4v) is 2.14. The summed E-state index contributed by atoms with van der Waals surface area (Å²) < 4.78 is 0. The number of nitrogens with one attached hydrogen (secondary N) is 1. The molecule has 1 nitrogen and oxygen atoms in total. The topological polar surface area (TPSA) is 12.0 Å². The van der Waals surface area contributed by atoms with Crippen molar-refractivity contribution in [3.63, 3.8) is 0 Å². The van der Waals surface area contributed by atoms with Gasteiger partial charge in [0.1, 0.15) is 0 Å². The first-order valence-electron chi connectivity index (χ1n) is 3.08. The van der Waals surface area contributed by atoms with E-state index in [2.05, 4.69) is 25.3 Å². The Balaban J connectivity index is 2.19. The van der Waals surface area contributed by atoms with E-state index in [9.17, 15) is 0 Å². The van der Waals surface area contributed by atoms with Gasteiger partial charge in [0.05, 0.1) is 0 Å². The van der Waals surface area contributed by atoms with Gasteiger partial charge in [0.2, 0.25) is 0 Å². The molecule has 0 unspecified atom stereocenters. The van der Waals surface area contributed by atoms with Crippen LogP contribution in [0.3, 0.4) is 0 Å². The van der Waals surface area contributed by atoms with Gasteiger partial charge in [-0.2, -0.15) is 0 Å². The molecule has 8 heavy (non-hydrogen) atoms. The highest BCUT2D eigenvalue weighted by Gasteiger charge is 2.37. The predicted octanol–water partition coefficient (Wildman–Crippen LogP) is 1.78. The van der Waals surface area contributed by atoms with Crippen LogP contribution >= 0.6 is 8.07 Å². The lowest BCUT2D eigenvalue weighted by molar-refractivity contribution is 0.694. The maximum absolute atomic E-state index is 3.56. The highest BCUT2D eigenvalue weighted by molar-refractivity contribution is 7.53. The van der Waals surface area contributed by atoms with E-state index in [4.69, 9.17) is 0 Å². The molecule has 0 aliphatic heterocycles. The van der Waals surface area contributed by atoms with E-state index in [-0.39, 0.29) is 8.07 Å². The maximum atomic E-state index is 3.56. The van der Waals surface area contributed by atoms with Gasteiger partial charge in [-0.1, -0.05) is 0 Å². The van der Waals surface area contributed by atoms with Gasteiger partial charge < -0.3 is 0 Å². The van der Waals surface area contributed by atoms with Crippen LogP contribution in [-0.4, -0.2) is 18.9 Å². The zero-order valence-electron chi connectivity index (χ0n) is 5.86. The summed E-state index contributed by atoms with van der Waals surface area (Å²) in [4.78, 5) is 0. The SMILES string of the molecule is CP(C)NC1(C)CC1. The summed E-state index contributed by atoms with van der Waals surface area (Å²) >= 11 is 0. The van der Waals surface area contributed by atoms with Crippen molar-refractivity contribution >= 4 is 8.07 Å². The van der Waals surface area contributed by atoms with Gasteiger partial charge >= 0.3 is 0 Å². The summed E-state index contributed by atoms with van der Waals surface area (Å²) in [5, 5.41) is 3.56. The van der Waals surface area contributed by atoms with Crippen LogP contribution in [0.1, 0.15) is 19.8 Å². The number of hydrogen-bond donors (Lipinski definition) is 1. The fraction of sp³-hybridized carbons (Fsp3) is 1.00. The first-order valence-corrected chi connectivity index (χ1v) is 5.31. The highest BCUT2D eigenvalue weighted by Crippen LogP contribution is 2.40. The molecule has 0 bridgehead atoms. The van der Waals surface area contributed by atoms with Gasteiger partial charge in [-0.3, -0.25) is 5.09 Å². The third-order valence-electron chi connectivity index (χ3n) is 1.49. The van der Waals surface area contributed by atoms with Gasteiger partial charge in [-0.25, -0.2) is 0 Å². The Morgan fingerprint density at radius 1 is 1.38 bits per heavy atom. The van der Waals surface area contributed by atoms with Gasteiger partial charge in [0.15, 0.2) is 0 Å². The number of hydrogen-bond acceptors (Lipinski definition) is 1. The molecule has 0 spiro atoms. The summed E-state index contributed by atoms with van der Waals surface area (Å²) in [5.74, 6) is 0. The van der Waals surface area contributed by atoms with Crippen LogP contribution < -0.4 is 5.09 Å². The van der Waals surface area contributed by atoms with Crippen molar-refractivity contribution in [2.24, 2.45) is 0 Å². The Hall–Kier alpha value is 0.390. The summed E-state index contributed by atoms with van der Waals surface area (Å²) in [5.41, 5.74) is 0.551. The predicted molar refractivity (Wildman–Crippen MR) is 39.5 cm³/mol. The largest absolute Gasteiger partial charge is 0.290 e. The summed E-state index contributed by atoms with van der Waals surface area (Å²) in [6, 6.07) is 0. The molecule has 1 aliphatic rings. The van der Waals surface area contributed by atoms with E-state index in [0.717, 1.165) is 0 Å². The second-order valence-corrected chi connectivity index (χ2v) is 5.08. The van der Waals surface area contributed by atoms with Crippen molar-refractivity contribution in [2.45, 2.75) is 25.3 Å². The third-order valence-corrected chi connectivity index (χ3v) is 2.48. The lowest BCUT2D eigenvalue weighted by Gasteiger charge is -2.13. The highest BCUT2D eigenvalue weighted by atomic mass is 31.1. The van der Waals surface area contributed by atoms with E-state index in [1.807, 2.05) is 0 Å². The molecular weight excluding hydrogens is 117 g/mol. The van der Waals surface area contributed by atoms with Crippen molar-refractivity contribution in [3.8, 4) is 0 Å². The van der Waals surface area contributed by atoms with E-state index >= 15 is 0 Å². The normalized spacial score (nSPS) is 24.0. The van der Waals surface area contributed by atoms with Crippen LogP contribution in [0.5, 0.6) is 0 Å². The quantitative estimate of drug-likeness (QED) is 0.563. The molecule has 0 atom stereocenters. The van der Waals surface area contributed by atoms with Crippen molar-refractivity contribution in [2.75, 3.05) is 13.3 Å². The number of rotatable bonds is 2. The Bertz CT molecular complexity index is 86.5. The average molecular weight is 131 g/mol. The molecule has 0 saturated heterocycles. The van der Waals surface area contributed by atoms with Gasteiger partial charge in [-0.05, 0) is 41.2 Å². The molecule has 0 amide bonds. The molecule has 1 fully saturated rings. The minimum Gasteiger partial charge on any atom is -0.290 e. The van der Waals surface area contributed by atoms with Crippen LogP contribution in [0, 0.1) is 0 Å². The third kappa shape index (κ3) is 1.72. The maximum Gasteiger partial charge on any atom is 0.0190 e. The molecule has 0 heterocycles. The Morgan fingerprint density at radius 2 is 1.88 bits per heavy atom. The molecule has 1 N–H and O–H groups in total. The molecule has 0 aromatic carbocycles. The molecule has 0 radical (unpaired) electrons. The Morgan fingerprint density at radius 3 is 2.00 bits per heavy atom. The smallest absolute Gasteiger partial charge is 0.0190 e. The first kappa shape index (κ1) is 6.51. The second-order valence-electron chi connectivity index (χ2n) is 3.07. The van der Waals surface area contributed by atoms with E-state index < -0.39 is 0 Å². The lowest BCUT2D eigenvalue weighted by atomic mass is 10.4. The standard InChI is InChI=1S/C6H14NP/c1-6(4-5-6)7-8(2)3/h7H,4-5H2,1-3H3. The zero-order chi connectivity index (χ0) is 6.20. The Labute approximate surface area is 52.7 Å². The van der Waals surface area contributed by atoms with Crippen molar-refractivity contribution in [1.82, 2.24) is 5.09 Å². The van der Waals surface area contributed by atoms with Crippen molar-refractivity contribution < 1.29 is 0 Å². The van der Waals surface area contributed by atoms with Gasteiger partial charge in [0.25, 0.3) is 0 Å². The first-order chi connectivity index (χ1) is 3.62. The molecule has 1 saturated carbocycles. The molecule has 48 valence electrons.